The molecule has 0 spiro atoms. The van der Waals surface area contributed by atoms with Gasteiger partial charge in [0, 0.05) is 22.8 Å². The van der Waals surface area contributed by atoms with Gasteiger partial charge in [0.1, 0.15) is 10.8 Å². The number of halogens is 2. The first-order valence-electron chi connectivity index (χ1n) is 6.03. The summed E-state index contributed by atoms with van der Waals surface area (Å²) in [5.74, 6) is 1.05. The summed E-state index contributed by atoms with van der Waals surface area (Å²) in [4.78, 5) is 15.4. The fourth-order valence-corrected chi connectivity index (χ4v) is 2.68. The van der Waals surface area contributed by atoms with Crippen molar-refractivity contribution in [1.29, 1.82) is 0 Å². The molecule has 2 aromatic rings. The summed E-state index contributed by atoms with van der Waals surface area (Å²) in [5.41, 5.74) is 1.89. The number of pyridine rings is 1. The van der Waals surface area contributed by atoms with E-state index in [1.807, 2.05) is 12.1 Å². The Labute approximate surface area is 129 Å². The Morgan fingerprint density at radius 1 is 1.30 bits per heavy atom. The van der Waals surface area contributed by atoms with Gasteiger partial charge >= 0.3 is 0 Å². The molecule has 0 fully saturated rings. The van der Waals surface area contributed by atoms with Crippen molar-refractivity contribution in [3.05, 3.63) is 45.5 Å². The molecule has 2 heterocycles. The van der Waals surface area contributed by atoms with Crippen LogP contribution in [0.3, 0.4) is 0 Å². The molecule has 0 unspecified atom stereocenters. The summed E-state index contributed by atoms with van der Waals surface area (Å²) in [5, 5.41) is 3.26. The van der Waals surface area contributed by atoms with Crippen LogP contribution < -0.4 is 10.1 Å². The molecule has 1 aliphatic rings. The van der Waals surface area contributed by atoms with Crippen LogP contribution in [0, 0.1) is 0 Å². The minimum Gasteiger partial charge on any atom is -0.438 e. The molecule has 102 valence electrons. The second-order valence-corrected chi connectivity index (χ2v) is 5.73. The van der Waals surface area contributed by atoms with E-state index in [9.17, 15) is 4.79 Å². The van der Waals surface area contributed by atoms with Gasteiger partial charge in [-0.1, -0.05) is 11.6 Å². The van der Waals surface area contributed by atoms with Crippen LogP contribution in [-0.4, -0.2) is 10.9 Å². The van der Waals surface area contributed by atoms with Crippen LogP contribution >= 0.6 is 27.5 Å². The van der Waals surface area contributed by atoms with Crippen molar-refractivity contribution in [2.45, 2.75) is 12.8 Å². The smallest absolute Gasteiger partial charge is 0.238 e. The van der Waals surface area contributed by atoms with E-state index in [0.29, 0.717) is 29.5 Å². The summed E-state index contributed by atoms with van der Waals surface area (Å²) in [7, 11) is 0. The number of hydrogen-bond acceptors (Lipinski definition) is 3. The Morgan fingerprint density at radius 2 is 2.15 bits per heavy atom. The Morgan fingerprint density at radius 3 is 2.95 bits per heavy atom. The van der Waals surface area contributed by atoms with Crippen molar-refractivity contribution in [1.82, 2.24) is 4.98 Å². The number of fused-ring (bicyclic) bond motifs is 1. The molecule has 6 heteroatoms. The van der Waals surface area contributed by atoms with E-state index in [1.165, 1.54) is 0 Å². The van der Waals surface area contributed by atoms with Gasteiger partial charge in [0.15, 0.2) is 0 Å². The molecular formula is C14H10BrClN2O2. The maximum Gasteiger partial charge on any atom is 0.238 e. The van der Waals surface area contributed by atoms with Crippen molar-refractivity contribution in [3.8, 4) is 11.6 Å². The SMILES string of the molecule is O=C1CCc2cc(Oc3ncc(Br)cc3Cl)ccc2N1. The number of carbonyl (C=O) groups excluding carboxylic acids is 1. The number of benzene rings is 1. The van der Waals surface area contributed by atoms with E-state index in [4.69, 9.17) is 16.3 Å². The largest absolute Gasteiger partial charge is 0.438 e. The zero-order valence-corrected chi connectivity index (χ0v) is 12.7. The second-order valence-electron chi connectivity index (χ2n) is 4.41. The minimum absolute atomic E-state index is 0.0452. The number of nitrogens with zero attached hydrogens (tertiary/aromatic N) is 1. The Kier molecular flexibility index (Phi) is 3.63. The topological polar surface area (TPSA) is 51.2 Å². The Balaban J connectivity index is 1.86. The zero-order chi connectivity index (χ0) is 14.1. The van der Waals surface area contributed by atoms with Crippen LogP contribution in [0.2, 0.25) is 5.02 Å². The van der Waals surface area contributed by atoms with Gasteiger partial charge in [-0.25, -0.2) is 4.98 Å². The standard InChI is InChI=1S/C14H10BrClN2O2/c15-9-6-11(16)14(17-7-9)20-10-2-3-12-8(5-10)1-4-13(19)18-12/h2-3,5-7H,1,4H2,(H,18,19). The maximum atomic E-state index is 11.3. The number of anilines is 1. The number of rotatable bonds is 2. The third-order valence-corrected chi connectivity index (χ3v) is 3.67. The zero-order valence-electron chi connectivity index (χ0n) is 10.3. The molecule has 0 aliphatic carbocycles. The predicted molar refractivity (Wildman–Crippen MR) is 80.4 cm³/mol. The number of amides is 1. The molecule has 1 aromatic heterocycles. The van der Waals surface area contributed by atoms with Crippen molar-refractivity contribution in [3.63, 3.8) is 0 Å². The van der Waals surface area contributed by atoms with Crippen LogP contribution in [0.25, 0.3) is 0 Å². The van der Waals surface area contributed by atoms with Gasteiger partial charge in [-0.15, -0.1) is 0 Å². The van der Waals surface area contributed by atoms with Gasteiger partial charge < -0.3 is 10.1 Å². The molecule has 1 N–H and O–H groups in total. The van der Waals surface area contributed by atoms with Crippen molar-refractivity contribution in [2.75, 3.05) is 5.32 Å². The Bertz CT molecular complexity index is 691. The fourth-order valence-electron chi connectivity index (χ4n) is 2.01. The molecule has 4 nitrogen and oxygen atoms in total. The molecule has 0 saturated carbocycles. The van der Waals surface area contributed by atoms with Crippen LogP contribution in [0.15, 0.2) is 34.9 Å². The highest BCUT2D eigenvalue weighted by Crippen LogP contribution is 2.32. The first-order valence-corrected chi connectivity index (χ1v) is 7.20. The molecule has 20 heavy (non-hydrogen) atoms. The van der Waals surface area contributed by atoms with Crippen LogP contribution in [0.1, 0.15) is 12.0 Å². The monoisotopic (exact) mass is 352 g/mol. The molecule has 0 radical (unpaired) electrons. The molecule has 0 atom stereocenters. The highest BCUT2D eigenvalue weighted by molar-refractivity contribution is 9.10. The van der Waals surface area contributed by atoms with Crippen LogP contribution in [-0.2, 0) is 11.2 Å². The Hall–Kier alpha value is -1.59. The van der Waals surface area contributed by atoms with Crippen molar-refractivity contribution < 1.29 is 9.53 Å². The van der Waals surface area contributed by atoms with Gasteiger partial charge in [-0.05, 0) is 52.2 Å². The molecule has 1 amide bonds. The number of carbonyl (C=O) groups is 1. The average molecular weight is 354 g/mol. The van der Waals surface area contributed by atoms with E-state index in [0.717, 1.165) is 15.7 Å². The van der Waals surface area contributed by atoms with Gasteiger partial charge in [0.05, 0.1) is 0 Å². The third-order valence-electron chi connectivity index (χ3n) is 2.96. The van der Waals surface area contributed by atoms with Crippen LogP contribution in [0.5, 0.6) is 11.6 Å². The highest BCUT2D eigenvalue weighted by atomic mass is 79.9. The van der Waals surface area contributed by atoms with Gasteiger partial charge in [-0.2, -0.15) is 0 Å². The van der Waals surface area contributed by atoms with E-state index < -0.39 is 0 Å². The highest BCUT2D eigenvalue weighted by Gasteiger charge is 2.15. The quantitative estimate of drug-likeness (QED) is 0.881. The number of aromatic nitrogens is 1. The fraction of sp³-hybridized carbons (Fsp3) is 0.143. The number of nitrogens with one attached hydrogen (secondary N) is 1. The lowest BCUT2D eigenvalue weighted by Gasteiger charge is -2.17. The lowest BCUT2D eigenvalue weighted by Crippen LogP contribution is -2.18. The number of ether oxygens (including phenoxy) is 1. The first kappa shape index (κ1) is 13.4. The van der Waals surface area contributed by atoms with E-state index in [-0.39, 0.29) is 5.91 Å². The summed E-state index contributed by atoms with van der Waals surface area (Å²) >= 11 is 9.36. The van der Waals surface area contributed by atoms with E-state index in [1.54, 1.807) is 18.3 Å². The van der Waals surface area contributed by atoms with Gasteiger partial charge in [-0.3, -0.25) is 4.79 Å². The molecule has 0 bridgehead atoms. The summed E-state index contributed by atoms with van der Waals surface area (Å²) in [6.45, 7) is 0. The third kappa shape index (κ3) is 2.78. The first-order chi connectivity index (χ1) is 9.61. The van der Waals surface area contributed by atoms with Gasteiger partial charge in [0.2, 0.25) is 11.8 Å². The normalized spacial score (nSPS) is 13.6. The number of aryl methyl sites for hydroxylation is 1. The van der Waals surface area contributed by atoms with Crippen LogP contribution in [0.4, 0.5) is 5.69 Å². The summed E-state index contributed by atoms with van der Waals surface area (Å²) in [6.07, 6.45) is 2.83. The van der Waals surface area contributed by atoms with Crippen molar-refractivity contribution >= 4 is 39.1 Å². The predicted octanol–water partition coefficient (Wildman–Crippen LogP) is 4.17. The van der Waals surface area contributed by atoms with E-state index in [2.05, 4.69) is 26.2 Å². The second kappa shape index (κ2) is 5.42. The summed E-state index contributed by atoms with van der Waals surface area (Å²) < 4.78 is 6.47. The molecule has 3 rings (SSSR count). The minimum atomic E-state index is 0.0452. The molecular weight excluding hydrogens is 344 g/mol. The van der Waals surface area contributed by atoms with Gasteiger partial charge in [0.25, 0.3) is 0 Å². The van der Waals surface area contributed by atoms with Crippen molar-refractivity contribution in [2.24, 2.45) is 0 Å². The van der Waals surface area contributed by atoms with E-state index >= 15 is 0 Å². The number of hydrogen-bond donors (Lipinski definition) is 1. The lowest BCUT2D eigenvalue weighted by molar-refractivity contribution is -0.116. The molecule has 1 aromatic carbocycles. The lowest BCUT2D eigenvalue weighted by atomic mass is 10.0. The molecule has 0 saturated heterocycles. The maximum absolute atomic E-state index is 11.3. The summed E-state index contributed by atoms with van der Waals surface area (Å²) in [6, 6.07) is 7.23. The average Bonchev–Trinajstić information content (AvgIpc) is 2.42. The molecule has 1 aliphatic heterocycles.